The summed E-state index contributed by atoms with van der Waals surface area (Å²) in [7, 11) is 1.95. The quantitative estimate of drug-likeness (QED) is 0.619. The fourth-order valence-electron chi connectivity index (χ4n) is 2.08. The van der Waals surface area contributed by atoms with Gasteiger partial charge in [-0.05, 0) is 18.2 Å². The number of hydrogen-bond acceptors (Lipinski definition) is 2. The predicted octanol–water partition coefficient (Wildman–Crippen LogP) is 5.11. The molecule has 0 unspecified atom stereocenters. The fraction of sp³-hybridized carbons (Fsp3) is 0.133. The number of halogens is 3. The lowest BCUT2D eigenvalue weighted by Crippen LogP contribution is -2.03. The van der Waals surface area contributed by atoms with Gasteiger partial charge in [-0.1, -0.05) is 46.9 Å². The third-order valence-electron chi connectivity index (χ3n) is 3.21. The zero-order valence-electron chi connectivity index (χ0n) is 11.1. The molecule has 0 radical (unpaired) electrons. The molecule has 6 heteroatoms. The zero-order chi connectivity index (χ0) is 15.0. The number of benzene rings is 2. The Morgan fingerprint density at radius 1 is 1.05 bits per heavy atom. The highest BCUT2D eigenvalue weighted by Crippen LogP contribution is 2.34. The molecular formula is C15H11Cl3N2O. The molecule has 3 nitrogen and oxygen atoms in total. The molecule has 2 aromatic carbocycles. The van der Waals surface area contributed by atoms with E-state index in [4.69, 9.17) is 39.5 Å². The van der Waals surface area contributed by atoms with Gasteiger partial charge in [0.05, 0.1) is 26.1 Å². The number of ether oxygens (including phenoxy) is 1. The van der Waals surface area contributed by atoms with E-state index in [1.807, 2.05) is 35.9 Å². The van der Waals surface area contributed by atoms with Crippen LogP contribution in [-0.4, -0.2) is 9.55 Å². The number of hydrogen-bond donors (Lipinski definition) is 0. The first-order chi connectivity index (χ1) is 10.1. The number of imidazole rings is 1. The minimum atomic E-state index is 0.295. The van der Waals surface area contributed by atoms with Crippen LogP contribution in [0.2, 0.25) is 15.1 Å². The number of aromatic nitrogens is 2. The first-order valence-corrected chi connectivity index (χ1v) is 7.37. The Morgan fingerprint density at radius 3 is 2.52 bits per heavy atom. The summed E-state index contributed by atoms with van der Waals surface area (Å²) in [6.07, 6.45) is 0. The van der Waals surface area contributed by atoms with Gasteiger partial charge in [0.15, 0.2) is 0 Å². The summed E-state index contributed by atoms with van der Waals surface area (Å²) < 4.78 is 7.70. The lowest BCUT2D eigenvalue weighted by Gasteiger charge is -2.09. The predicted molar refractivity (Wildman–Crippen MR) is 86.5 cm³/mol. The van der Waals surface area contributed by atoms with Crippen molar-refractivity contribution in [2.45, 2.75) is 6.61 Å². The normalized spacial score (nSPS) is 11.0. The molecule has 0 aliphatic rings. The van der Waals surface area contributed by atoms with Gasteiger partial charge in [-0.15, -0.1) is 0 Å². The molecule has 3 rings (SSSR count). The van der Waals surface area contributed by atoms with E-state index in [-0.39, 0.29) is 0 Å². The summed E-state index contributed by atoms with van der Waals surface area (Å²) >= 11 is 18.0. The molecule has 0 N–H and O–H groups in total. The average molecular weight is 342 g/mol. The fourth-order valence-corrected chi connectivity index (χ4v) is 2.67. The molecule has 1 heterocycles. The highest BCUT2D eigenvalue weighted by molar-refractivity contribution is 6.43. The zero-order valence-corrected chi connectivity index (χ0v) is 13.4. The van der Waals surface area contributed by atoms with Crippen LogP contribution in [-0.2, 0) is 13.7 Å². The van der Waals surface area contributed by atoms with Crippen LogP contribution in [0.5, 0.6) is 5.75 Å². The Kier molecular flexibility index (Phi) is 3.98. The van der Waals surface area contributed by atoms with Crippen LogP contribution in [0.25, 0.3) is 11.0 Å². The van der Waals surface area contributed by atoms with E-state index in [9.17, 15) is 0 Å². The van der Waals surface area contributed by atoms with Crippen molar-refractivity contribution >= 4 is 45.8 Å². The highest BCUT2D eigenvalue weighted by Gasteiger charge is 2.11. The van der Waals surface area contributed by atoms with Gasteiger partial charge in [0.25, 0.3) is 0 Å². The molecule has 0 saturated carbocycles. The van der Waals surface area contributed by atoms with E-state index in [1.54, 1.807) is 12.1 Å². The van der Waals surface area contributed by atoms with Crippen LogP contribution in [0.3, 0.4) is 0 Å². The third-order valence-corrected chi connectivity index (χ3v) is 4.23. The van der Waals surface area contributed by atoms with E-state index in [1.165, 1.54) is 0 Å². The van der Waals surface area contributed by atoms with Gasteiger partial charge in [-0.2, -0.15) is 0 Å². The average Bonchev–Trinajstić information content (AvgIpc) is 2.79. The van der Waals surface area contributed by atoms with Gasteiger partial charge in [-0.3, -0.25) is 0 Å². The van der Waals surface area contributed by atoms with Crippen molar-refractivity contribution in [3.8, 4) is 5.75 Å². The van der Waals surface area contributed by atoms with Crippen LogP contribution < -0.4 is 4.74 Å². The highest BCUT2D eigenvalue weighted by atomic mass is 35.5. The van der Waals surface area contributed by atoms with Gasteiger partial charge in [0.1, 0.15) is 18.2 Å². The van der Waals surface area contributed by atoms with E-state index < -0.39 is 0 Å². The van der Waals surface area contributed by atoms with Crippen molar-refractivity contribution in [3.63, 3.8) is 0 Å². The largest absolute Gasteiger partial charge is 0.484 e. The molecule has 0 fully saturated rings. The van der Waals surface area contributed by atoms with Crippen molar-refractivity contribution in [2.24, 2.45) is 7.05 Å². The minimum Gasteiger partial charge on any atom is -0.484 e. The maximum absolute atomic E-state index is 6.09. The Balaban J connectivity index is 1.87. The van der Waals surface area contributed by atoms with Gasteiger partial charge >= 0.3 is 0 Å². The summed E-state index contributed by atoms with van der Waals surface area (Å²) in [5.41, 5.74) is 1.98. The van der Waals surface area contributed by atoms with Crippen LogP contribution in [0.4, 0.5) is 0 Å². The monoisotopic (exact) mass is 340 g/mol. The molecule has 0 bridgehead atoms. The summed E-state index contributed by atoms with van der Waals surface area (Å²) in [4.78, 5) is 4.53. The molecule has 0 atom stereocenters. The van der Waals surface area contributed by atoms with Gasteiger partial charge in [0.2, 0.25) is 0 Å². The Labute approximate surface area is 137 Å². The second kappa shape index (κ2) is 5.76. The maximum Gasteiger partial charge on any atom is 0.147 e. The lowest BCUT2D eigenvalue weighted by atomic mass is 10.3. The number of fused-ring (bicyclic) bond motifs is 1. The third kappa shape index (κ3) is 2.82. The Morgan fingerprint density at radius 2 is 1.76 bits per heavy atom. The van der Waals surface area contributed by atoms with Crippen molar-refractivity contribution < 1.29 is 4.74 Å². The molecule has 0 saturated heterocycles. The molecule has 0 aliphatic carbocycles. The van der Waals surface area contributed by atoms with Crippen molar-refractivity contribution in [1.82, 2.24) is 9.55 Å². The molecule has 3 aromatic rings. The topological polar surface area (TPSA) is 27.1 Å². The lowest BCUT2D eigenvalue weighted by molar-refractivity contribution is 0.292. The first kappa shape index (κ1) is 14.5. The SMILES string of the molecule is Cn1c(COc2cc(Cl)c(Cl)cc2Cl)nc2ccccc21. The minimum absolute atomic E-state index is 0.295. The first-order valence-electron chi connectivity index (χ1n) is 6.24. The molecule has 108 valence electrons. The van der Waals surface area contributed by atoms with Crippen LogP contribution in [0.15, 0.2) is 36.4 Å². The van der Waals surface area contributed by atoms with E-state index in [0.29, 0.717) is 27.4 Å². The van der Waals surface area contributed by atoms with E-state index in [0.717, 1.165) is 16.9 Å². The molecule has 0 amide bonds. The van der Waals surface area contributed by atoms with Crippen LogP contribution in [0.1, 0.15) is 5.82 Å². The summed E-state index contributed by atoms with van der Waals surface area (Å²) in [5, 5.41) is 1.22. The molecule has 0 spiro atoms. The second-order valence-corrected chi connectivity index (χ2v) is 5.78. The van der Waals surface area contributed by atoms with Gasteiger partial charge in [-0.25, -0.2) is 4.98 Å². The number of nitrogens with zero attached hydrogens (tertiary/aromatic N) is 2. The van der Waals surface area contributed by atoms with E-state index in [2.05, 4.69) is 4.98 Å². The van der Waals surface area contributed by atoms with Crippen LogP contribution in [0, 0.1) is 0 Å². The maximum atomic E-state index is 6.09. The summed E-state index contributed by atoms with van der Waals surface area (Å²) in [6, 6.07) is 11.1. The molecular weight excluding hydrogens is 331 g/mol. The second-order valence-electron chi connectivity index (χ2n) is 4.56. The van der Waals surface area contributed by atoms with Gasteiger partial charge in [0, 0.05) is 13.1 Å². The number of rotatable bonds is 3. The summed E-state index contributed by atoms with van der Waals surface area (Å²) in [6.45, 7) is 0.295. The standard InChI is InChI=1S/C15H11Cl3N2O/c1-20-13-5-3-2-4-12(13)19-15(20)8-21-14-7-10(17)9(16)6-11(14)18/h2-7H,8H2,1H3. The Bertz CT molecular complexity index is 814. The van der Waals surface area contributed by atoms with Crippen LogP contribution >= 0.6 is 34.8 Å². The van der Waals surface area contributed by atoms with Crippen molar-refractivity contribution in [3.05, 3.63) is 57.3 Å². The van der Waals surface area contributed by atoms with Gasteiger partial charge < -0.3 is 9.30 Å². The Hall–Kier alpha value is -1.42. The van der Waals surface area contributed by atoms with E-state index >= 15 is 0 Å². The molecule has 21 heavy (non-hydrogen) atoms. The summed E-state index contributed by atoms with van der Waals surface area (Å²) in [5.74, 6) is 1.29. The molecule has 1 aromatic heterocycles. The van der Waals surface area contributed by atoms with Crippen molar-refractivity contribution in [2.75, 3.05) is 0 Å². The smallest absolute Gasteiger partial charge is 0.147 e. The number of para-hydroxylation sites is 2. The number of aryl methyl sites for hydroxylation is 1. The molecule has 0 aliphatic heterocycles. The van der Waals surface area contributed by atoms with Crippen molar-refractivity contribution in [1.29, 1.82) is 0 Å².